The Morgan fingerprint density at radius 2 is 2.03 bits per heavy atom. The fourth-order valence-electron chi connectivity index (χ4n) is 4.48. The predicted octanol–water partition coefficient (Wildman–Crippen LogP) is 4.76. The lowest BCUT2D eigenvalue weighted by atomic mass is 9.93. The number of ether oxygens (including phenoxy) is 2. The molecule has 32 heavy (non-hydrogen) atoms. The monoisotopic (exact) mass is 436 g/mol. The van der Waals surface area contributed by atoms with Gasteiger partial charge in [0.25, 0.3) is 0 Å². The van der Waals surface area contributed by atoms with E-state index in [2.05, 4.69) is 22.3 Å². The summed E-state index contributed by atoms with van der Waals surface area (Å²) in [5.41, 5.74) is 1.89. The van der Waals surface area contributed by atoms with Crippen LogP contribution in [0.1, 0.15) is 37.0 Å². The van der Waals surface area contributed by atoms with Gasteiger partial charge in [-0.3, -0.25) is 9.69 Å². The topological polar surface area (TPSA) is 63.9 Å². The van der Waals surface area contributed by atoms with E-state index in [-0.39, 0.29) is 5.91 Å². The van der Waals surface area contributed by atoms with Gasteiger partial charge in [-0.15, -0.1) is 0 Å². The maximum Gasteiger partial charge on any atom is 0.220 e. The number of hydrogen-bond acceptors (Lipinski definition) is 5. The second-order valence-electron chi connectivity index (χ2n) is 8.49. The number of furan rings is 1. The summed E-state index contributed by atoms with van der Waals surface area (Å²) in [5.74, 6) is 3.09. The zero-order valence-electron chi connectivity index (χ0n) is 18.9. The van der Waals surface area contributed by atoms with E-state index in [0.29, 0.717) is 18.9 Å². The van der Waals surface area contributed by atoms with Gasteiger partial charge >= 0.3 is 0 Å². The number of fused-ring (bicyclic) bond motifs is 1. The third-order valence-corrected chi connectivity index (χ3v) is 6.21. The van der Waals surface area contributed by atoms with Crippen LogP contribution >= 0.6 is 0 Å². The number of benzene rings is 2. The fourth-order valence-corrected chi connectivity index (χ4v) is 4.48. The molecule has 170 valence electrons. The van der Waals surface area contributed by atoms with Crippen molar-refractivity contribution in [3.8, 4) is 11.5 Å². The van der Waals surface area contributed by atoms with E-state index in [4.69, 9.17) is 13.9 Å². The molecule has 0 spiro atoms. The van der Waals surface area contributed by atoms with Crippen LogP contribution in [0, 0.1) is 5.92 Å². The lowest BCUT2D eigenvalue weighted by molar-refractivity contribution is -0.121. The first-order valence-corrected chi connectivity index (χ1v) is 11.3. The van der Waals surface area contributed by atoms with Crippen molar-refractivity contribution in [3.63, 3.8) is 0 Å². The summed E-state index contributed by atoms with van der Waals surface area (Å²) in [7, 11) is 3.25. The standard InChI is InChI=1S/C26H32N2O4/c1-30-22-11-10-21(25(15-22)31-2)16-27-26(29)12-9-19-6-5-13-28(17-19)18-23-14-20-7-3-4-8-24(20)32-23/h3-4,7-8,10-11,14-15,19H,5-6,9,12-13,16-18H2,1-2H3,(H,27,29)/t19-/m1/s1. The number of piperidine rings is 1. The van der Waals surface area contributed by atoms with Gasteiger partial charge in [-0.25, -0.2) is 0 Å². The Kier molecular flexibility index (Phi) is 7.32. The van der Waals surface area contributed by atoms with Crippen LogP contribution in [0.15, 0.2) is 52.9 Å². The van der Waals surface area contributed by atoms with Crippen molar-refractivity contribution >= 4 is 16.9 Å². The second kappa shape index (κ2) is 10.6. The Hall–Kier alpha value is -2.99. The number of para-hydroxylation sites is 1. The third-order valence-electron chi connectivity index (χ3n) is 6.21. The van der Waals surface area contributed by atoms with Crippen molar-refractivity contribution < 1.29 is 18.7 Å². The van der Waals surface area contributed by atoms with Gasteiger partial charge in [-0.1, -0.05) is 18.2 Å². The summed E-state index contributed by atoms with van der Waals surface area (Å²) in [6.45, 7) is 3.37. The van der Waals surface area contributed by atoms with Crippen molar-refractivity contribution in [2.45, 2.75) is 38.8 Å². The normalized spacial score (nSPS) is 16.8. The molecule has 0 saturated carbocycles. The first kappa shape index (κ1) is 22.2. The van der Waals surface area contributed by atoms with Crippen LogP contribution in [-0.2, 0) is 17.9 Å². The number of hydrogen-bond donors (Lipinski definition) is 1. The van der Waals surface area contributed by atoms with Crippen LogP contribution in [0.4, 0.5) is 0 Å². The molecule has 1 fully saturated rings. The highest BCUT2D eigenvalue weighted by molar-refractivity contribution is 5.77. The summed E-state index contributed by atoms with van der Waals surface area (Å²) in [6.07, 6.45) is 3.79. The van der Waals surface area contributed by atoms with E-state index in [1.54, 1.807) is 14.2 Å². The SMILES string of the molecule is COc1ccc(CNC(=O)CC[C@H]2CCCN(Cc3cc4ccccc4o3)C2)c(OC)c1. The van der Waals surface area contributed by atoms with E-state index in [1.807, 2.05) is 36.4 Å². The molecule has 1 aliphatic rings. The number of methoxy groups -OCH3 is 2. The van der Waals surface area contributed by atoms with Gasteiger partial charge in [0, 0.05) is 36.5 Å². The highest BCUT2D eigenvalue weighted by Gasteiger charge is 2.21. The predicted molar refractivity (Wildman–Crippen MR) is 125 cm³/mol. The molecule has 1 aliphatic heterocycles. The van der Waals surface area contributed by atoms with Gasteiger partial charge < -0.3 is 19.2 Å². The Bertz CT molecular complexity index is 1010. The third kappa shape index (κ3) is 5.62. The van der Waals surface area contributed by atoms with Crippen LogP contribution < -0.4 is 14.8 Å². The average molecular weight is 437 g/mol. The summed E-state index contributed by atoms with van der Waals surface area (Å²) in [4.78, 5) is 14.9. The molecule has 2 aromatic carbocycles. The summed E-state index contributed by atoms with van der Waals surface area (Å²) < 4.78 is 16.6. The molecule has 0 radical (unpaired) electrons. The zero-order valence-corrected chi connectivity index (χ0v) is 18.9. The Labute approximate surface area is 189 Å². The van der Waals surface area contributed by atoms with Crippen LogP contribution in [0.25, 0.3) is 11.0 Å². The Morgan fingerprint density at radius 1 is 1.16 bits per heavy atom. The Morgan fingerprint density at radius 3 is 2.84 bits per heavy atom. The van der Waals surface area contributed by atoms with Crippen LogP contribution in [0.2, 0.25) is 0 Å². The minimum Gasteiger partial charge on any atom is -0.497 e. The molecule has 3 aromatic rings. The molecule has 1 saturated heterocycles. The van der Waals surface area contributed by atoms with Crippen molar-refractivity contribution in [2.75, 3.05) is 27.3 Å². The Balaban J connectivity index is 1.23. The molecule has 6 heteroatoms. The number of likely N-dealkylation sites (tertiary alicyclic amines) is 1. The largest absolute Gasteiger partial charge is 0.497 e. The maximum absolute atomic E-state index is 12.4. The number of carbonyl (C=O) groups is 1. The summed E-state index contributed by atoms with van der Waals surface area (Å²) >= 11 is 0. The molecule has 1 amide bonds. The lowest BCUT2D eigenvalue weighted by Gasteiger charge is -2.32. The van der Waals surface area contributed by atoms with Gasteiger partial charge in [0.2, 0.25) is 5.91 Å². The molecule has 4 rings (SSSR count). The van der Waals surface area contributed by atoms with Gasteiger partial charge in [-0.05, 0) is 56.0 Å². The molecule has 2 heterocycles. The molecule has 0 aliphatic carbocycles. The number of nitrogens with zero attached hydrogens (tertiary/aromatic N) is 1. The number of nitrogens with one attached hydrogen (secondary N) is 1. The highest BCUT2D eigenvalue weighted by Crippen LogP contribution is 2.26. The smallest absolute Gasteiger partial charge is 0.220 e. The van der Waals surface area contributed by atoms with E-state index in [1.165, 1.54) is 6.42 Å². The molecule has 1 atom stereocenters. The number of carbonyl (C=O) groups excluding carboxylic acids is 1. The summed E-state index contributed by atoms with van der Waals surface area (Å²) in [6, 6.07) is 15.9. The lowest BCUT2D eigenvalue weighted by Crippen LogP contribution is -2.35. The van der Waals surface area contributed by atoms with Crippen molar-refractivity contribution in [3.05, 3.63) is 59.9 Å². The molecular weight excluding hydrogens is 404 g/mol. The molecular formula is C26H32N2O4. The quantitative estimate of drug-likeness (QED) is 0.524. The second-order valence-corrected chi connectivity index (χ2v) is 8.49. The highest BCUT2D eigenvalue weighted by atomic mass is 16.5. The van der Waals surface area contributed by atoms with Gasteiger partial charge in [0.15, 0.2) is 0 Å². The van der Waals surface area contributed by atoms with E-state index in [9.17, 15) is 4.79 Å². The van der Waals surface area contributed by atoms with Crippen molar-refractivity contribution in [2.24, 2.45) is 5.92 Å². The maximum atomic E-state index is 12.4. The van der Waals surface area contributed by atoms with E-state index in [0.717, 1.165) is 66.3 Å². The van der Waals surface area contributed by atoms with Crippen LogP contribution in [0.5, 0.6) is 11.5 Å². The van der Waals surface area contributed by atoms with Gasteiger partial charge in [0.05, 0.1) is 20.8 Å². The summed E-state index contributed by atoms with van der Waals surface area (Å²) in [5, 5.41) is 4.18. The van der Waals surface area contributed by atoms with E-state index < -0.39 is 0 Å². The minimum atomic E-state index is 0.0808. The molecule has 6 nitrogen and oxygen atoms in total. The average Bonchev–Trinajstić information content (AvgIpc) is 3.23. The van der Waals surface area contributed by atoms with Crippen molar-refractivity contribution in [1.82, 2.24) is 10.2 Å². The minimum absolute atomic E-state index is 0.0808. The fraction of sp³-hybridized carbons (Fsp3) is 0.423. The molecule has 0 unspecified atom stereocenters. The molecule has 1 aromatic heterocycles. The first-order valence-electron chi connectivity index (χ1n) is 11.3. The van der Waals surface area contributed by atoms with Crippen LogP contribution in [0.3, 0.4) is 0 Å². The zero-order chi connectivity index (χ0) is 22.3. The molecule has 1 N–H and O–H groups in total. The van der Waals surface area contributed by atoms with E-state index >= 15 is 0 Å². The number of amides is 1. The number of rotatable bonds is 9. The van der Waals surface area contributed by atoms with Gasteiger partial charge in [0.1, 0.15) is 22.8 Å². The van der Waals surface area contributed by atoms with Crippen molar-refractivity contribution in [1.29, 1.82) is 0 Å². The van der Waals surface area contributed by atoms with Gasteiger partial charge in [-0.2, -0.15) is 0 Å². The molecule has 0 bridgehead atoms. The first-order chi connectivity index (χ1) is 15.6. The van der Waals surface area contributed by atoms with Crippen LogP contribution in [-0.4, -0.2) is 38.1 Å².